The summed E-state index contributed by atoms with van der Waals surface area (Å²) in [5.41, 5.74) is 1.97. The molecule has 1 unspecified atom stereocenters. The second-order valence-corrected chi connectivity index (χ2v) is 7.39. The highest BCUT2D eigenvalue weighted by Gasteiger charge is 2.27. The summed E-state index contributed by atoms with van der Waals surface area (Å²) in [5, 5.41) is 5.63. The molecule has 202 valence electrons. The van der Waals surface area contributed by atoms with Crippen LogP contribution in [0.15, 0.2) is 82.6 Å². The Kier molecular flexibility index (Phi) is 16.6. The summed E-state index contributed by atoms with van der Waals surface area (Å²) in [7, 11) is 6.62. The molecule has 0 saturated carbocycles. The van der Waals surface area contributed by atoms with Crippen molar-refractivity contribution in [2.24, 2.45) is 9.98 Å². The lowest BCUT2D eigenvalue weighted by atomic mass is 9.85. The van der Waals surface area contributed by atoms with Gasteiger partial charge in [-0.05, 0) is 69.1 Å². The molecule has 2 rings (SSSR count). The zero-order chi connectivity index (χ0) is 28.3. The molecule has 8 heteroatoms. The molecule has 2 aromatic carbocycles. The lowest BCUT2D eigenvalue weighted by Crippen LogP contribution is -2.21. The number of benzene rings is 2. The van der Waals surface area contributed by atoms with Gasteiger partial charge in [0.25, 0.3) is 5.91 Å². The molecule has 2 aromatic rings. The second kappa shape index (κ2) is 18.5. The van der Waals surface area contributed by atoms with Crippen molar-refractivity contribution < 1.29 is 19.0 Å². The molecule has 1 amide bonds. The molecule has 0 heterocycles. The monoisotopic (exact) mass is 510 g/mol. The molecule has 8 nitrogen and oxygen atoms in total. The molecular weight excluding hydrogens is 468 g/mol. The highest BCUT2D eigenvalue weighted by Crippen LogP contribution is 2.35. The largest absolute Gasteiger partial charge is 0.497 e. The highest BCUT2D eigenvalue weighted by molar-refractivity contribution is 6.17. The Hall–Kier alpha value is -3.75. The van der Waals surface area contributed by atoms with E-state index in [1.807, 2.05) is 70.3 Å². The van der Waals surface area contributed by atoms with Crippen molar-refractivity contribution in [3.05, 3.63) is 83.8 Å². The van der Waals surface area contributed by atoms with Crippen molar-refractivity contribution in [3.63, 3.8) is 0 Å². The Morgan fingerprint density at radius 3 is 2.19 bits per heavy atom. The van der Waals surface area contributed by atoms with E-state index in [9.17, 15) is 4.79 Å². The topological polar surface area (TPSA) is 93.5 Å². The zero-order valence-corrected chi connectivity index (χ0v) is 23.4. The number of anilines is 1. The Balaban J connectivity index is 0.00000165. The molecule has 37 heavy (non-hydrogen) atoms. The number of rotatable bonds is 11. The normalized spacial score (nSPS) is 12.2. The Morgan fingerprint density at radius 2 is 1.73 bits per heavy atom. The highest BCUT2D eigenvalue weighted by atomic mass is 16.5. The number of carbonyl (C=O) groups excluding carboxylic acids is 1. The van der Waals surface area contributed by atoms with E-state index in [4.69, 9.17) is 9.47 Å². The minimum atomic E-state index is -0.690. The van der Waals surface area contributed by atoms with Gasteiger partial charge in [0.15, 0.2) is 0 Å². The van der Waals surface area contributed by atoms with Gasteiger partial charge in [0.05, 0.1) is 26.5 Å². The van der Waals surface area contributed by atoms with E-state index in [-0.39, 0.29) is 11.5 Å². The van der Waals surface area contributed by atoms with Crippen LogP contribution in [0, 0.1) is 0 Å². The van der Waals surface area contributed by atoms with Crippen LogP contribution in [0.5, 0.6) is 5.75 Å². The minimum absolute atomic E-state index is 0.205. The van der Waals surface area contributed by atoms with Crippen LogP contribution in [0.3, 0.4) is 0 Å². The standard InChI is InChI=1S/C24H27N3O3.C3H9NO.C2H6/c1-7-22(30-6)26-16-17(2)23(28)27-20-10-8-9-19(15-20)24(3,25-4)18-11-13-21(29-5)14-12-18;1-4-3-5-2;1-2/h7-16H,2,4H2,1,3,5-6H3,(H,27,28);4H,3H2,1-2H3;1-2H3/b22-7+,26-16-;;. The third kappa shape index (κ3) is 10.8. The number of carbonyl (C=O) groups is 1. The molecule has 0 aliphatic heterocycles. The second-order valence-electron chi connectivity index (χ2n) is 7.39. The third-order valence-corrected chi connectivity index (χ3v) is 5.03. The summed E-state index contributed by atoms with van der Waals surface area (Å²) >= 11 is 0. The molecule has 0 aromatic heterocycles. The van der Waals surface area contributed by atoms with E-state index in [0.717, 1.165) is 16.9 Å². The molecule has 0 aliphatic carbocycles. The molecule has 0 bridgehead atoms. The van der Waals surface area contributed by atoms with Gasteiger partial charge in [0, 0.05) is 19.0 Å². The van der Waals surface area contributed by atoms with Crippen molar-refractivity contribution in [1.29, 1.82) is 0 Å². The van der Waals surface area contributed by atoms with Crippen molar-refractivity contribution in [2.75, 3.05) is 40.4 Å². The van der Waals surface area contributed by atoms with Crippen molar-refractivity contribution in [1.82, 2.24) is 5.32 Å². The van der Waals surface area contributed by atoms with Crippen LogP contribution in [0.25, 0.3) is 0 Å². The van der Waals surface area contributed by atoms with Gasteiger partial charge in [0.2, 0.25) is 5.88 Å². The molecular formula is C29H42N4O4. The summed E-state index contributed by atoms with van der Waals surface area (Å²) in [6, 6.07) is 15.1. The first-order chi connectivity index (χ1) is 17.8. The van der Waals surface area contributed by atoms with Gasteiger partial charge >= 0.3 is 0 Å². The number of hydrogen-bond acceptors (Lipinski definition) is 7. The molecule has 2 N–H and O–H groups in total. The van der Waals surface area contributed by atoms with Crippen LogP contribution in [-0.2, 0) is 19.8 Å². The molecule has 0 radical (unpaired) electrons. The predicted octanol–water partition coefficient (Wildman–Crippen LogP) is 5.57. The van der Waals surface area contributed by atoms with Crippen LogP contribution in [0.2, 0.25) is 0 Å². The van der Waals surface area contributed by atoms with Gasteiger partial charge in [-0.1, -0.05) is 44.7 Å². The van der Waals surface area contributed by atoms with E-state index in [1.165, 1.54) is 13.3 Å². The Bertz CT molecular complexity index is 1030. The first-order valence-corrected chi connectivity index (χ1v) is 11.9. The van der Waals surface area contributed by atoms with E-state index >= 15 is 0 Å². The number of amides is 1. The molecule has 0 spiro atoms. The molecule has 0 fully saturated rings. The summed E-state index contributed by atoms with van der Waals surface area (Å²) in [5.74, 6) is 0.805. The van der Waals surface area contributed by atoms with E-state index in [0.29, 0.717) is 18.3 Å². The van der Waals surface area contributed by atoms with Gasteiger partial charge in [-0.15, -0.1) is 0 Å². The maximum Gasteiger partial charge on any atom is 0.256 e. The van der Waals surface area contributed by atoms with Crippen LogP contribution in [-0.4, -0.2) is 53.9 Å². The fourth-order valence-electron chi connectivity index (χ4n) is 2.97. The lowest BCUT2D eigenvalue weighted by Gasteiger charge is -2.27. The van der Waals surface area contributed by atoms with Crippen LogP contribution in [0.1, 0.15) is 38.8 Å². The third-order valence-electron chi connectivity index (χ3n) is 5.03. The molecule has 0 saturated heterocycles. The first-order valence-electron chi connectivity index (χ1n) is 11.9. The lowest BCUT2D eigenvalue weighted by molar-refractivity contribution is -0.112. The quantitative estimate of drug-likeness (QED) is 0.178. The Morgan fingerprint density at radius 1 is 1.08 bits per heavy atom. The Labute approximate surface area is 222 Å². The van der Waals surface area contributed by atoms with Gasteiger partial charge in [-0.2, -0.15) is 0 Å². The fraction of sp³-hybridized carbons (Fsp3) is 0.345. The number of nitrogens with one attached hydrogen (secondary N) is 2. The average Bonchev–Trinajstić information content (AvgIpc) is 2.95. The number of methoxy groups -OCH3 is 3. The molecule has 1 atom stereocenters. The maximum atomic E-state index is 12.5. The van der Waals surface area contributed by atoms with Crippen LogP contribution >= 0.6 is 0 Å². The zero-order valence-electron chi connectivity index (χ0n) is 23.4. The van der Waals surface area contributed by atoms with E-state index in [2.05, 4.69) is 38.7 Å². The summed E-state index contributed by atoms with van der Waals surface area (Å²) in [6.45, 7) is 15.9. The minimum Gasteiger partial charge on any atom is -0.497 e. The number of aliphatic imine (C=N–C) groups is 2. The van der Waals surface area contributed by atoms with Gasteiger partial charge in [0.1, 0.15) is 11.3 Å². The average molecular weight is 511 g/mol. The fourth-order valence-corrected chi connectivity index (χ4v) is 2.97. The van der Waals surface area contributed by atoms with Gasteiger partial charge in [-0.25, -0.2) is 4.99 Å². The number of ether oxygens (including phenoxy) is 3. The van der Waals surface area contributed by atoms with E-state index < -0.39 is 5.54 Å². The smallest absolute Gasteiger partial charge is 0.256 e. The van der Waals surface area contributed by atoms with Crippen molar-refractivity contribution in [2.45, 2.75) is 33.2 Å². The summed E-state index contributed by atoms with van der Waals surface area (Å²) in [4.78, 5) is 20.9. The molecule has 0 aliphatic rings. The van der Waals surface area contributed by atoms with Crippen LogP contribution in [0.4, 0.5) is 5.69 Å². The predicted molar refractivity (Wildman–Crippen MR) is 155 cm³/mol. The number of allylic oxidation sites excluding steroid dienone is 1. The summed E-state index contributed by atoms with van der Waals surface area (Å²) < 4.78 is 14.8. The van der Waals surface area contributed by atoms with E-state index in [1.54, 1.807) is 33.3 Å². The SMILES string of the molecule is C=NC(C)(c1ccc(OC)cc1)c1cccc(NC(=O)C(=C)/C=N\C(=C/C)OC)c1.CC.CNCOC. The number of nitrogens with zero attached hydrogens (tertiary/aromatic N) is 2. The van der Waals surface area contributed by atoms with Crippen LogP contribution < -0.4 is 15.4 Å². The van der Waals surface area contributed by atoms with Crippen molar-refractivity contribution in [3.8, 4) is 5.75 Å². The summed E-state index contributed by atoms with van der Waals surface area (Å²) in [6.07, 6.45) is 3.05. The first kappa shape index (κ1) is 33.2. The van der Waals surface area contributed by atoms with Gasteiger partial charge < -0.3 is 19.5 Å². The maximum absolute atomic E-state index is 12.5. The number of hydrogen-bond donors (Lipinski definition) is 2. The van der Waals surface area contributed by atoms with Gasteiger partial charge in [-0.3, -0.25) is 15.1 Å². The van der Waals surface area contributed by atoms with Crippen molar-refractivity contribution >= 4 is 24.5 Å².